The maximum absolute atomic E-state index is 12.6. The Bertz CT molecular complexity index is 952. The molecule has 5 rings (SSSR count). The smallest absolute Gasteiger partial charge is 0.273 e. The molecular weight excluding hydrogens is 444 g/mol. The molecule has 2 bridgehead atoms. The van der Waals surface area contributed by atoms with Crippen LogP contribution in [0.1, 0.15) is 105 Å². The molecule has 9 nitrogen and oxygen atoms in total. The van der Waals surface area contributed by atoms with Crippen molar-refractivity contribution >= 4 is 5.91 Å². The maximum Gasteiger partial charge on any atom is 0.273 e. The molecule has 4 heterocycles. The molecule has 2 aromatic heterocycles. The number of allylic oxidation sites excluding steroid dienone is 2. The van der Waals surface area contributed by atoms with Crippen LogP contribution in [0, 0.1) is 11.8 Å². The highest BCUT2D eigenvalue weighted by Gasteiger charge is 2.51. The molecule has 9 heteroatoms. The highest BCUT2D eigenvalue weighted by molar-refractivity contribution is 5.91. The Balaban J connectivity index is 1.08. The number of aromatic nitrogens is 5. The summed E-state index contributed by atoms with van der Waals surface area (Å²) in [5.41, 5.74) is 0.379. The molecule has 3 fully saturated rings. The Morgan fingerprint density at radius 3 is 2.86 bits per heavy atom. The van der Waals surface area contributed by atoms with Crippen molar-refractivity contribution in [2.45, 2.75) is 102 Å². The van der Waals surface area contributed by atoms with E-state index in [1.165, 1.54) is 51.2 Å². The summed E-state index contributed by atoms with van der Waals surface area (Å²) in [6, 6.07) is 0. The van der Waals surface area contributed by atoms with Gasteiger partial charge >= 0.3 is 0 Å². The van der Waals surface area contributed by atoms with Gasteiger partial charge < -0.3 is 14.5 Å². The molecule has 1 amide bonds. The first-order chi connectivity index (χ1) is 17.3. The van der Waals surface area contributed by atoms with Gasteiger partial charge in [-0.1, -0.05) is 62.3 Å². The Morgan fingerprint density at radius 1 is 1.11 bits per heavy atom. The van der Waals surface area contributed by atoms with Crippen LogP contribution in [-0.4, -0.2) is 50.3 Å². The monoisotopic (exact) mass is 482 g/mol. The van der Waals surface area contributed by atoms with E-state index in [9.17, 15) is 4.79 Å². The van der Waals surface area contributed by atoms with Gasteiger partial charge in [-0.3, -0.25) is 4.79 Å². The van der Waals surface area contributed by atoms with Crippen LogP contribution in [0.15, 0.2) is 22.8 Å². The highest BCUT2D eigenvalue weighted by Crippen LogP contribution is 2.50. The van der Waals surface area contributed by atoms with Crippen molar-refractivity contribution in [1.82, 2.24) is 30.9 Å². The molecule has 0 radical (unpaired) electrons. The Hall–Kier alpha value is -2.55. The van der Waals surface area contributed by atoms with Gasteiger partial charge in [0, 0.05) is 18.9 Å². The largest absolute Gasteiger partial charge is 0.448 e. The van der Waals surface area contributed by atoms with Crippen molar-refractivity contribution in [3.05, 3.63) is 35.8 Å². The van der Waals surface area contributed by atoms with Crippen LogP contribution in [0.2, 0.25) is 0 Å². The zero-order valence-electron chi connectivity index (χ0n) is 20.5. The van der Waals surface area contributed by atoms with E-state index in [1.807, 2.05) is 0 Å². The number of unbranched alkanes of at least 4 members (excludes halogenated alkanes) is 1. The summed E-state index contributed by atoms with van der Waals surface area (Å²) < 4.78 is 12.0. The van der Waals surface area contributed by atoms with Gasteiger partial charge in [-0.2, -0.15) is 5.21 Å². The number of aromatic amines is 1. The summed E-state index contributed by atoms with van der Waals surface area (Å²) in [7, 11) is 0. The lowest BCUT2D eigenvalue weighted by Gasteiger charge is -2.24. The van der Waals surface area contributed by atoms with E-state index in [0.29, 0.717) is 24.0 Å². The summed E-state index contributed by atoms with van der Waals surface area (Å²) in [4.78, 5) is 17.2. The first-order valence-corrected chi connectivity index (χ1v) is 13.5. The number of hydrogen-bond donors (Lipinski definition) is 2. The number of aryl methyl sites for hydroxylation is 1. The molecule has 0 unspecified atom stereocenters. The number of hydrogen-bond acceptors (Lipinski definition) is 7. The number of nitrogens with zero attached hydrogens (tertiary/aromatic N) is 4. The first-order valence-electron chi connectivity index (χ1n) is 13.5. The van der Waals surface area contributed by atoms with Crippen molar-refractivity contribution in [3.8, 4) is 0 Å². The summed E-state index contributed by atoms with van der Waals surface area (Å²) in [5, 5.41) is 17.1. The normalized spacial score (nSPS) is 26.6. The van der Waals surface area contributed by atoms with Gasteiger partial charge in [-0.05, 0) is 38.0 Å². The van der Waals surface area contributed by atoms with Gasteiger partial charge in [-0.25, -0.2) is 4.98 Å². The number of rotatable bonds is 12. The third kappa shape index (κ3) is 6.18. The van der Waals surface area contributed by atoms with Crippen LogP contribution in [-0.2, 0) is 11.2 Å². The molecular formula is C26H38N6O3. The standard InChI is InChI=1S/C26H38N6O3/c33-25(27-16-8-7-11-18-9-3-1-4-10-18)20-17-34-26(28-20)24-19(21-14-15-22(24)35-21)12-5-2-6-13-23-29-31-32-30-23/h2,5,17-19,21-22,24H,1,3-4,6-16H2,(H,27,33)(H,29,30,31,32)/b5-2-/t19-,21-,22+,24-/m0/s1. The summed E-state index contributed by atoms with van der Waals surface area (Å²) in [6.45, 7) is 0.697. The molecule has 2 aliphatic heterocycles. The van der Waals surface area contributed by atoms with Gasteiger partial charge in [0.05, 0.1) is 18.1 Å². The van der Waals surface area contributed by atoms with Gasteiger partial charge in [-0.15, -0.1) is 10.2 Å². The number of H-pyrrole nitrogens is 1. The average molecular weight is 483 g/mol. The minimum absolute atomic E-state index is 0.104. The second kappa shape index (κ2) is 11.9. The maximum atomic E-state index is 12.6. The SMILES string of the molecule is O=C(NCCCCC1CCCCC1)c1coc([C@H]2[C@@H](C/C=C\CCc3nn[nH]n3)[C@@H]3CC[C@H]2O3)n1. The van der Waals surface area contributed by atoms with Crippen LogP contribution in [0.4, 0.5) is 0 Å². The minimum Gasteiger partial charge on any atom is -0.448 e. The molecule has 3 aliphatic rings. The minimum atomic E-state index is -0.139. The van der Waals surface area contributed by atoms with E-state index < -0.39 is 0 Å². The third-order valence-corrected chi connectivity index (χ3v) is 8.01. The summed E-state index contributed by atoms with van der Waals surface area (Å²) in [5.74, 6) is 2.56. The Kier molecular flexibility index (Phi) is 8.23. The van der Waals surface area contributed by atoms with E-state index in [2.05, 4.69) is 43.1 Å². The van der Waals surface area contributed by atoms with E-state index in [0.717, 1.165) is 50.3 Å². The fraction of sp³-hybridized carbons (Fsp3) is 0.731. The van der Waals surface area contributed by atoms with E-state index in [-0.39, 0.29) is 24.0 Å². The number of carbonyl (C=O) groups is 1. The number of fused-ring (bicyclic) bond motifs is 2. The van der Waals surface area contributed by atoms with Crippen LogP contribution >= 0.6 is 0 Å². The molecule has 1 saturated carbocycles. The van der Waals surface area contributed by atoms with Crippen LogP contribution < -0.4 is 5.32 Å². The number of carbonyl (C=O) groups excluding carboxylic acids is 1. The van der Waals surface area contributed by atoms with Crippen molar-refractivity contribution in [2.24, 2.45) is 11.8 Å². The molecule has 2 N–H and O–H groups in total. The van der Waals surface area contributed by atoms with Crippen molar-refractivity contribution in [2.75, 3.05) is 6.54 Å². The summed E-state index contributed by atoms with van der Waals surface area (Å²) in [6.07, 6.45) is 21.4. The fourth-order valence-corrected chi connectivity index (χ4v) is 6.16. The molecule has 1 aliphatic carbocycles. The molecule has 0 spiro atoms. The van der Waals surface area contributed by atoms with E-state index in [4.69, 9.17) is 9.15 Å². The lowest BCUT2D eigenvalue weighted by atomic mass is 9.77. The predicted octanol–water partition coefficient (Wildman–Crippen LogP) is 4.51. The molecule has 190 valence electrons. The Morgan fingerprint density at radius 2 is 2.00 bits per heavy atom. The average Bonchev–Trinajstić information content (AvgIpc) is 3.69. The number of ether oxygens (including phenoxy) is 1. The number of tetrazole rings is 1. The number of oxazole rings is 1. The van der Waals surface area contributed by atoms with Crippen LogP contribution in [0.25, 0.3) is 0 Å². The molecule has 2 saturated heterocycles. The van der Waals surface area contributed by atoms with E-state index in [1.54, 1.807) is 0 Å². The van der Waals surface area contributed by atoms with Crippen LogP contribution in [0.5, 0.6) is 0 Å². The number of nitrogens with one attached hydrogen (secondary N) is 2. The molecule has 2 aromatic rings. The van der Waals surface area contributed by atoms with Crippen molar-refractivity contribution in [1.29, 1.82) is 0 Å². The first kappa shape index (κ1) is 24.2. The predicted molar refractivity (Wildman–Crippen MR) is 130 cm³/mol. The molecule has 0 aromatic carbocycles. The van der Waals surface area contributed by atoms with Crippen molar-refractivity contribution in [3.63, 3.8) is 0 Å². The second-order valence-corrected chi connectivity index (χ2v) is 10.4. The topological polar surface area (TPSA) is 119 Å². The fourth-order valence-electron chi connectivity index (χ4n) is 6.16. The Labute approximate surface area is 206 Å². The van der Waals surface area contributed by atoms with Gasteiger partial charge in [0.2, 0.25) is 5.89 Å². The highest BCUT2D eigenvalue weighted by atomic mass is 16.5. The van der Waals surface area contributed by atoms with Crippen LogP contribution in [0.3, 0.4) is 0 Å². The van der Waals surface area contributed by atoms with Gasteiger partial charge in [0.25, 0.3) is 5.91 Å². The third-order valence-electron chi connectivity index (χ3n) is 8.01. The zero-order chi connectivity index (χ0) is 23.9. The summed E-state index contributed by atoms with van der Waals surface area (Å²) >= 11 is 0. The lowest BCUT2D eigenvalue weighted by molar-refractivity contribution is 0.0900. The quantitative estimate of drug-likeness (QED) is 0.337. The molecule has 35 heavy (non-hydrogen) atoms. The van der Waals surface area contributed by atoms with Crippen molar-refractivity contribution < 1.29 is 13.9 Å². The van der Waals surface area contributed by atoms with E-state index >= 15 is 0 Å². The van der Waals surface area contributed by atoms with Gasteiger partial charge in [0.15, 0.2) is 11.5 Å². The second-order valence-electron chi connectivity index (χ2n) is 10.4. The zero-order valence-corrected chi connectivity index (χ0v) is 20.5. The van der Waals surface area contributed by atoms with Gasteiger partial charge in [0.1, 0.15) is 6.26 Å². The number of amides is 1. The molecule has 4 atom stereocenters. The lowest BCUT2D eigenvalue weighted by Crippen LogP contribution is -2.27.